The average molecular weight is 355 g/mol. The molecular weight excluding hydrogens is 338 g/mol. The van der Waals surface area contributed by atoms with Gasteiger partial charge in [0.2, 0.25) is 10.0 Å². The molecule has 128 valence electrons. The third-order valence-corrected chi connectivity index (χ3v) is 5.30. The highest BCUT2D eigenvalue weighted by Crippen LogP contribution is 2.33. The van der Waals surface area contributed by atoms with Gasteiger partial charge in [0, 0.05) is 31.7 Å². The van der Waals surface area contributed by atoms with Crippen molar-refractivity contribution in [2.24, 2.45) is 5.14 Å². The number of primary sulfonamides is 1. The van der Waals surface area contributed by atoms with Gasteiger partial charge in [-0.25, -0.2) is 18.5 Å². The number of aromatic nitrogens is 3. The third kappa shape index (κ3) is 2.90. The standard InChI is InChI=1S/C17H17N5O2S/c18-25(23,24)16-7-3-8-19-17(16)21-11-13-5-1-2-6-14(13)15(12-21)22-10-4-9-20-22/h1-10,15H,11-12H2,(H2,18,23,24). The van der Waals surface area contributed by atoms with Gasteiger partial charge in [-0.15, -0.1) is 0 Å². The molecule has 0 spiro atoms. The Labute approximate surface area is 145 Å². The summed E-state index contributed by atoms with van der Waals surface area (Å²) in [6.45, 7) is 1.12. The van der Waals surface area contributed by atoms with Crippen molar-refractivity contribution in [2.75, 3.05) is 11.4 Å². The molecule has 8 heteroatoms. The fourth-order valence-electron chi connectivity index (χ4n) is 3.27. The molecule has 0 saturated carbocycles. The maximum atomic E-state index is 11.9. The third-order valence-electron chi connectivity index (χ3n) is 4.37. The Balaban J connectivity index is 1.82. The quantitative estimate of drug-likeness (QED) is 0.769. The Kier molecular flexibility index (Phi) is 3.78. The SMILES string of the molecule is NS(=O)(=O)c1cccnc1N1Cc2ccccc2C(n2cccn2)C1. The highest BCUT2D eigenvalue weighted by molar-refractivity contribution is 7.89. The van der Waals surface area contributed by atoms with E-state index in [1.165, 1.54) is 11.6 Å². The van der Waals surface area contributed by atoms with Gasteiger partial charge in [0.25, 0.3) is 0 Å². The molecule has 0 saturated heterocycles. The van der Waals surface area contributed by atoms with E-state index < -0.39 is 10.0 Å². The van der Waals surface area contributed by atoms with E-state index in [1.807, 2.05) is 40.0 Å². The molecule has 25 heavy (non-hydrogen) atoms. The summed E-state index contributed by atoms with van der Waals surface area (Å²) >= 11 is 0. The van der Waals surface area contributed by atoms with Crippen LogP contribution in [-0.4, -0.2) is 29.7 Å². The molecule has 1 unspecified atom stereocenters. The van der Waals surface area contributed by atoms with Crippen molar-refractivity contribution in [1.82, 2.24) is 14.8 Å². The minimum Gasteiger partial charge on any atom is -0.349 e. The van der Waals surface area contributed by atoms with E-state index in [4.69, 9.17) is 5.14 Å². The number of nitrogens with zero attached hydrogens (tertiary/aromatic N) is 4. The van der Waals surface area contributed by atoms with E-state index >= 15 is 0 Å². The number of benzene rings is 1. The topological polar surface area (TPSA) is 94.1 Å². The summed E-state index contributed by atoms with van der Waals surface area (Å²) < 4.78 is 25.8. The maximum Gasteiger partial charge on any atom is 0.241 e. The summed E-state index contributed by atoms with van der Waals surface area (Å²) in [6, 6.07) is 13.0. The van der Waals surface area contributed by atoms with Crippen LogP contribution in [0.15, 0.2) is 66.0 Å². The molecule has 1 aliphatic heterocycles. The van der Waals surface area contributed by atoms with Gasteiger partial charge in [-0.3, -0.25) is 4.68 Å². The molecule has 4 rings (SSSR count). The van der Waals surface area contributed by atoms with E-state index in [2.05, 4.69) is 16.1 Å². The van der Waals surface area contributed by atoms with E-state index in [9.17, 15) is 8.42 Å². The van der Waals surface area contributed by atoms with Crippen LogP contribution in [0.25, 0.3) is 0 Å². The zero-order valence-electron chi connectivity index (χ0n) is 13.4. The number of nitrogens with two attached hydrogens (primary N) is 1. The highest BCUT2D eigenvalue weighted by Gasteiger charge is 2.30. The predicted octanol–water partition coefficient (Wildman–Crippen LogP) is 1.54. The number of hydrogen-bond donors (Lipinski definition) is 1. The minimum atomic E-state index is -3.86. The first-order valence-electron chi connectivity index (χ1n) is 7.84. The number of hydrogen-bond acceptors (Lipinski definition) is 5. The number of rotatable bonds is 3. The van der Waals surface area contributed by atoms with Crippen LogP contribution < -0.4 is 10.0 Å². The van der Waals surface area contributed by atoms with Gasteiger partial charge in [0.1, 0.15) is 10.7 Å². The Morgan fingerprint density at radius 3 is 2.68 bits per heavy atom. The second-order valence-electron chi connectivity index (χ2n) is 5.95. The van der Waals surface area contributed by atoms with Crippen molar-refractivity contribution in [3.05, 3.63) is 72.2 Å². The van der Waals surface area contributed by atoms with Crippen molar-refractivity contribution < 1.29 is 8.42 Å². The minimum absolute atomic E-state index is 0.0321. The van der Waals surface area contributed by atoms with Gasteiger partial charge in [-0.1, -0.05) is 24.3 Å². The van der Waals surface area contributed by atoms with Gasteiger partial charge >= 0.3 is 0 Å². The molecule has 2 N–H and O–H groups in total. The molecular formula is C17H17N5O2S. The van der Waals surface area contributed by atoms with Crippen LogP contribution in [0.2, 0.25) is 0 Å². The average Bonchev–Trinajstić information content (AvgIpc) is 3.14. The molecule has 1 aromatic carbocycles. The summed E-state index contributed by atoms with van der Waals surface area (Å²) in [5, 5.41) is 9.74. The molecule has 1 atom stereocenters. The van der Waals surface area contributed by atoms with Crippen LogP contribution in [0.5, 0.6) is 0 Å². The van der Waals surface area contributed by atoms with Crippen LogP contribution >= 0.6 is 0 Å². The number of pyridine rings is 1. The molecule has 0 aliphatic carbocycles. The highest BCUT2D eigenvalue weighted by atomic mass is 32.2. The van der Waals surface area contributed by atoms with Crippen LogP contribution in [-0.2, 0) is 16.6 Å². The molecule has 3 heterocycles. The van der Waals surface area contributed by atoms with Gasteiger partial charge in [0.05, 0.1) is 6.04 Å². The van der Waals surface area contributed by atoms with Crippen molar-refractivity contribution in [2.45, 2.75) is 17.5 Å². The zero-order valence-corrected chi connectivity index (χ0v) is 14.2. The first kappa shape index (κ1) is 15.8. The molecule has 0 fully saturated rings. The summed E-state index contributed by atoms with van der Waals surface area (Å²) in [7, 11) is -3.86. The number of fused-ring (bicyclic) bond motifs is 1. The lowest BCUT2D eigenvalue weighted by atomic mass is 9.95. The molecule has 1 aliphatic rings. The van der Waals surface area contributed by atoms with Gasteiger partial charge in [-0.05, 0) is 29.3 Å². The molecule has 7 nitrogen and oxygen atoms in total. The zero-order chi connectivity index (χ0) is 17.4. The lowest BCUT2D eigenvalue weighted by Crippen LogP contribution is -2.38. The van der Waals surface area contributed by atoms with Crippen molar-refractivity contribution >= 4 is 15.8 Å². The Morgan fingerprint density at radius 1 is 1.08 bits per heavy atom. The van der Waals surface area contributed by atoms with Crippen molar-refractivity contribution in [3.63, 3.8) is 0 Å². The van der Waals surface area contributed by atoms with Crippen molar-refractivity contribution in [1.29, 1.82) is 0 Å². The van der Waals surface area contributed by atoms with Crippen LogP contribution in [0.3, 0.4) is 0 Å². The molecule has 2 aromatic heterocycles. The van der Waals surface area contributed by atoms with E-state index in [-0.39, 0.29) is 10.9 Å². The molecule has 0 radical (unpaired) electrons. The van der Waals surface area contributed by atoms with Crippen LogP contribution in [0.4, 0.5) is 5.82 Å². The predicted molar refractivity (Wildman–Crippen MR) is 93.5 cm³/mol. The number of sulfonamides is 1. The summed E-state index contributed by atoms with van der Waals surface area (Å²) in [4.78, 5) is 6.27. The van der Waals surface area contributed by atoms with Gasteiger partial charge in [-0.2, -0.15) is 5.10 Å². The van der Waals surface area contributed by atoms with Crippen LogP contribution in [0, 0.1) is 0 Å². The number of anilines is 1. The second kappa shape index (κ2) is 5.98. The largest absolute Gasteiger partial charge is 0.349 e. The fourth-order valence-corrected chi connectivity index (χ4v) is 3.98. The van der Waals surface area contributed by atoms with Gasteiger partial charge in [0.15, 0.2) is 0 Å². The Bertz CT molecular complexity index is 1000. The first-order chi connectivity index (χ1) is 12.0. The fraction of sp³-hybridized carbons (Fsp3) is 0.176. The van der Waals surface area contributed by atoms with E-state index in [0.29, 0.717) is 18.9 Å². The normalized spacial score (nSPS) is 17.3. The Morgan fingerprint density at radius 2 is 1.92 bits per heavy atom. The molecule has 0 amide bonds. The summed E-state index contributed by atoms with van der Waals surface area (Å²) in [5.41, 5.74) is 2.29. The lowest BCUT2D eigenvalue weighted by Gasteiger charge is -2.36. The lowest BCUT2D eigenvalue weighted by molar-refractivity contribution is 0.483. The van der Waals surface area contributed by atoms with Crippen molar-refractivity contribution in [3.8, 4) is 0 Å². The molecule has 3 aromatic rings. The van der Waals surface area contributed by atoms with E-state index in [0.717, 1.165) is 5.56 Å². The monoisotopic (exact) mass is 355 g/mol. The van der Waals surface area contributed by atoms with Crippen LogP contribution in [0.1, 0.15) is 17.2 Å². The Hall–Kier alpha value is -2.71. The smallest absolute Gasteiger partial charge is 0.241 e. The van der Waals surface area contributed by atoms with Gasteiger partial charge < -0.3 is 4.90 Å². The second-order valence-corrected chi connectivity index (χ2v) is 7.48. The summed E-state index contributed by atoms with van der Waals surface area (Å²) in [6.07, 6.45) is 5.22. The van der Waals surface area contributed by atoms with E-state index in [1.54, 1.807) is 18.5 Å². The molecule has 0 bridgehead atoms. The first-order valence-corrected chi connectivity index (χ1v) is 9.38. The summed E-state index contributed by atoms with van der Waals surface area (Å²) in [5.74, 6) is 0.372. The maximum absolute atomic E-state index is 11.9.